The third-order valence-corrected chi connectivity index (χ3v) is 16.6. The molecule has 0 radical (unpaired) electrons. The predicted molar refractivity (Wildman–Crippen MR) is 317 cm³/mol. The summed E-state index contributed by atoms with van der Waals surface area (Å²) < 4.78 is 5.85. The SMILES string of the molecule is Cc1cc(-c2ccc3nc(C4CCNCC4)ccc3c2)n[n+]2c1=NC(C)C=2.Cc1cc(-c2nnc3cc(C4CCNCC4)ccc3n2)cc2cn(C)nc12.Cc1nc(-c2ccc3nc(C4CCNCC4)ccc3c2)c[n+]2c1=NC(C)C=2. The number of nitrogens with zero attached hydrogens (tertiary/aromatic N) is 13. The van der Waals surface area contributed by atoms with E-state index in [1.54, 1.807) is 0 Å². The Kier molecular flexibility index (Phi) is 14.4. The molecule has 6 aromatic heterocycles. The largest absolute Gasteiger partial charge is 0.346 e. The number of hydrogen-bond acceptors (Lipinski definition) is 13. The van der Waals surface area contributed by atoms with Crippen molar-refractivity contribution in [1.82, 2.24) is 61.0 Å². The summed E-state index contributed by atoms with van der Waals surface area (Å²) >= 11 is 0. The van der Waals surface area contributed by atoms with Gasteiger partial charge in [-0.2, -0.15) is 9.34 Å². The first-order valence-corrected chi connectivity index (χ1v) is 29.0. The van der Waals surface area contributed by atoms with Crippen molar-refractivity contribution in [3.8, 4) is 33.9 Å². The maximum Gasteiger partial charge on any atom is 0.346 e. The van der Waals surface area contributed by atoms with Gasteiger partial charge in [0.25, 0.3) is 0 Å². The topological polar surface area (TPSA) is 181 Å². The summed E-state index contributed by atoms with van der Waals surface area (Å²) in [7, 11) is 1.94. The maximum atomic E-state index is 4.94. The summed E-state index contributed by atoms with van der Waals surface area (Å²) in [6.07, 6.45) is 15.3. The molecule has 0 saturated carbocycles. The molecule has 5 aliphatic rings. The molecule has 3 fully saturated rings. The van der Waals surface area contributed by atoms with Gasteiger partial charge in [0.1, 0.15) is 41.2 Å². The quantitative estimate of drug-likeness (QED) is 0.137. The highest BCUT2D eigenvalue weighted by Crippen LogP contribution is 2.32. The van der Waals surface area contributed by atoms with Crippen LogP contribution in [0.5, 0.6) is 0 Å². The number of benzene rings is 4. The van der Waals surface area contributed by atoms with Crippen LogP contribution in [0.25, 0.3) is 77.6 Å². The van der Waals surface area contributed by atoms with Crippen molar-refractivity contribution >= 4 is 43.7 Å². The minimum atomic E-state index is 0.181. The van der Waals surface area contributed by atoms with Crippen LogP contribution in [0.2, 0.25) is 0 Å². The van der Waals surface area contributed by atoms with E-state index < -0.39 is 0 Å². The van der Waals surface area contributed by atoms with Gasteiger partial charge in [-0.3, -0.25) is 14.6 Å². The van der Waals surface area contributed by atoms with Gasteiger partial charge < -0.3 is 16.0 Å². The Balaban J connectivity index is 0.000000114. The van der Waals surface area contributed by atoms with Crippen LogP contribution in [0, 0.1) is 33.2 Å². The molecule has 4 aromatic carbocycles. The summed E-state index contributed by atoms with van der Waals surface area (Å²) in [4.78, 5) is 28.7. The van der Waals surface area contributed by atoms with Crippen LogP contribution >= 0.6 is 0 Å². The highest BCUT2D eigenvalue weighted by molar-refractivity contribution is 5.87. The molecular formula is C65H70N16+2. The van der Waals surface area contributed by atoms with Gasteiger partial charge in [0, 0.05) is 74.9 Å². The van der Waals surface area contributed by atoms with Crippen molar-refractivity contribution in [1.29, 1.82) is 0 Å². The van der Waals surface area contributed by atoms with Crippen LogP contribution in [-0.4, -0.2) is 96.4 Å². The lowest BCUT2D eigenvalue weighted by Crippen LogP contribution is -2.40. The number of aromatic nitrogens is 11. The molecule has 2 atom stereocenters. The van der Waals surface area contributed by atoms with Crippen molar-refractivity contribution < 1.29 is 8.60 Å². The average molecular weight is 1080 g/mol. The third-order valence-electron chi connectivity index (χ3n) is 16.6. The third kappa shape index (κ3) is 11.1. The van der Waals surface area contributed by atoms with Crippen molar-refractivity contribution in [2.45, 2.75) is 103 Å². The lowest BCUT2D eigenvalue weighted by molar-refractivity contribution is -0.589. The maximum absolute atomic E-state index is 4.94. The zero-order chi connectivity index (χ0) is 55.1. The van der Waals surface area contributed by atoms with Gasteiger partial charge >= 0.3 is 11.0 Å². The van der Waals surface area contributed by atoms with Gasteiger partial charge in [-0.25, -0.2) is 9.97 Å². The molecule has 15 rings (SSSR count). The van der Waals surface area contributed by atoms with Gasteiger partial charge in [0.05, 0.1) is 22.1 Å². The van der Waals surface area contributed by atoms with Crippen LogP contribution in [0.3, 0.4) is 0 Å². The van der Waals surface area contributed by atoms with Crippen LogP contribution < -0.4 is 35.5 Å². The fourth-order valence-corrected chi connectivity index (χ4v) is 12.3. The Bertz CT molecular complexity index is 4120. The van der Waals surface area contributed by atoms with Crippen molar-refractivity contribution in [3.05, 3.63) is 167 Å². The van der Waals surface area contributed by atoms with E-state index in [4.69, 9.17) is 25.0 Å². The van der Waals surface area contributed by atoms with Crippen LogP contribution in [0.15, 0.2) is 119 Å². The first-order valence-electron chi connectivity index (χ1n) is 29.0. The Labute approximate surface area is 471 Å². The first kappa shape index (κ1) is 52.2. The van der Waals surface area contributed by atoms with Gasteiger partial charge in [-0.1, -0.05) is 45.4 Å². The van der Waals surface area contributed by atoms with Gasteiger partial charge in [-0.15, -0.1) is 14.6 Å². The van der Waals surface area contributed by atoms with Crippen molar-refractivity contribution in [3.63, 3.8) is 0 Å². The number of nitrogens with one attached hydrogen (secondary N) is 3. The lowest BCUT2D eigenvalue weighted by Gasteiger charge is -2.23. The Morgan fingerprint density at radius 1 is 0.506 bits per heavy atom. The Morgan fingerprint density at radius 3 is 1.77 bits per heavy atom. The zero-order valence-corrected chi connectivity index (χ0v) is 47.2. The smallest absolute Gasteiger partial charge is 0.317 e. The fourth-order valence-electron chi connectivity index (χ4n) is 12.3. The molecular weight excluding hydrogens is 1000 g/mol. The van der Waals surface area contributed by atoms with Crippen molar-refractivity contribution in [2.24, 2.45) is 17.0 Å². The zero-order valence-electron chi connectivity index (χ0n) is 47.2. The second-order valence-electron chi connectivity index (χ2n) is 22.7. The van der Waals surface area contributed by atoms with Crippen molar-refractivity contribution in [2.75, 3.05) is 39.3 Å². The molecule has 0 spiro atoms. The van der Waals surface area contributed by atoms with E-state index in [0.29, 0.717) is 23.6 Å². The molecule has 2 unspecified atom stereocenters. The molecule has 3 N–H and O–H groups in total. The second-order valence-corrected chi connectivity index (χ2v) is 22.7. The van der Waals surface area contributed by atoms with E-state index in [9.17, 15) is 0 Å². The number of rotatable bonds is 6. The summed E-state index contributed by atoms with van der Waals surface area (Å²) in [5.74, 6) is 2.42. The molecule has 16 heteroatoms. The summed E-state index contributed by atoms with van der Waals surface area (Å²) in [5.41, 5.74) is 19.0. The highest BCUT2D eigenvalue weighted by Gasteiger charge is 2.23. The fraction of sp³-hybridized carbons (Fsp3) is 0.354. The molecule has 3 saturated heterocycles. The average Bonchev–Trinajstić information content (AvgIpc) is 4.25. The Hall–Kier alpha value is -8.18. The second kappa shape index (κ2) is 22.4. The molecule has 0 amide bonds. The summed E-state index contributed by atoms with van der Waals surface area (Å²) in [6, 6.07) is 34.8. The van der Waals surface area contributed by atoms with Crippen LogP contribution in [-0.2, 0) is 7.05 Å². The number of piperidine rings is 3. The molecule has 0 aliphatic carbocycles. The first-order chi connectivity index (χ1) is 39.5. The van der Waals surface area contributed by atoms with Gasteiger partial charge in [-0.05, 0) is 196 Å². The lowest BCUT2D eigenvalue weighted by atomic mass is 9.90. The molecule has 16 nitrogen and oxygen atoms in total. The van der Waals surface area contributed by atoms with Crippen LogP contribution in [0.1, 0.15) is 104 Å². The molecule has 5 aliphatic heterocycles. The standard InChI is InChI=1S/2C22H24N5.C21H22N6/c1-14-12-27-13-21(25-15(2)22(27)24-14)18-4-6-20-17(11-18)3-5-19(26-20)16-7-9-23-10-8-16;1-14-11-21(26-27-13-15(2)24-22(14)27)18-4-6-20-17(12-18)3-5-19(25-20)16-7-9-23-10-8-16;1-13-9-16(10-17-12-27(2)26-20(13)17)21-23-18-4-3-15(11-19(18)24-25-21)14-5-7-22-8-6-14/h3-6,11-14,16,23H,7-10H2,1-2H3;3-6,11-13,15-16,23H,7-10H2,1-2H3;3-4,9-12,14,22H,5-8H2,1-2H3/q2*+1;. The normalized spacial score (nSPS) is 18.2. The highest BCUT2D eigenvalue weighted by atomic mass is 15.2. The number of aryl methyl sites for hydroxylation is 4. The molecule has 11 heterocycles. The monoisotopic (exact) mass is 1070 g/mol. The summed E-state index contributed by atoms with van der Waals surface area (Å²) in [5, 5.41) is 31.9. The van der Waals surface area contributed by atoms with E-state index in [2.05, 4.69) is 189 Å². The van der Waals surface area contributed by atoms with Gasteiger partial charge in [0.15, 0.2) is 17.9 Å². The van der Waals surface area contributed by atoms with E-state index in [1.165, 1.54) is 55.5 Å². The minimum absolute atomic E-state index is 0.181. The van der Waals surface area contributed by atoms with Crippen LogP contribution in [0.4, 0.5) is 0 Å². The molecule has 81 heavy (non-hydrogen) atoms. The summed E-state index contributed by atoms with van der Waals surface area (Å²) in [6.45, 7) is 16.9. The van der Waals surface area contributed by atoms with E-state index in [-0.39, 0.29) is 12.1 Å². The van der Waals surface area contributed by atoms with E-state index in [0.717, 1.165) is 139 Å². The van der Waals surface area contributed by atoms with E-state index >= 15 is 0 Å². The molecule has 10 aromatic rings. The number of hydrogen-bond donors (Lipinski definition) is 3. The minimum Gasteiger partial charge on any atom is -0.317 e. The molecule has 0 bridgehead atoms. The Morgan fingerprint density at radius 2 is 1.10 bits per heavy atom. The van der Waals surface area contributed by atoms with E-state index in [1.807, 2.05) is 29.2 Å². The predicted octanol–water partition coefficient (Wildman–Crippen LogP) is 8.14. The number of fused-ring (bicyclic) bond motifs is 6. The number of pyridine rings is 2. The molecule has 408 valence electrons. The van der Waals surface area contributed by atoms with Gasteiger partial charge in [0.2, 0.25) is 0 Å².